The van der Waals surface area contributed by atoms with Crippen molar-refractivity contribution < 1.29 is 4.74 Å². The van der Waals surface area contributed by atoms with Crippen LogP contribution in [0.15, 0.2) is 45.6 Å². The molecule has 0 radical (unpaired) electrons. The van der Waals surface area contributed by atoms with E-state index in [4.69, 9.17) is 4.74 Å². The third-order valence-electron chi connectivity index (χ3n) is 4.09. The average Bonchev–Trinajstić information content (AvgIpc) is 2.55. The van der Waals surface area contributed by atoms with Gasteiger partial charge in [0.25, 0.3) is 0 Å². The number of nitrogens with zero attached hydrogens (tertiary/aromatic N) is 2. The molecule has 1 aliphatic heterocycles. The molecule has 1 aromatic carbocycles. The fraction of sp³-hybridized carbons (Fsp3) is 0.375. The molecule has 0 aliphatic carbocycles. The molecule has 4 nitrogen and oxygen atoms in total. The van der Waals surface area contributed by atoms with Gasteiger partial charge >= 0.3 is 0 Å². The number of ether oxygens (including phenoxy) is 1. The van der Waals surface area contributed by atoms with E-state index in [0.29, 0.717) is 5.95 Å². The maximum absolute atomic E-state index is 5.57. The van der Waals surface area contributed by atoms with Crippen molar-refractivity contribution in [2.24, 2.45) is 0 Å². The third-order valence-corrected chi connectivity index (χ3v) is 4.99. The van der Waals surface area contributed by atoms with Crippen LogP contribution in [0.1, 0.15) is 18.4 Å². The first-order valence-corrected chi connectivity index (χ1v) is 8.82. The number of rotatable bonds is 4. The zero-order valence-electron chi connectivity index (χ0n) is 12.1. The molecule has 1 fully saturated rings. The molecule has 3 rings (SSSR count). The van der Waals surface area contributed by atoms with Gasteiger partial charge in [-0.25, -0.2) is 9.97 Å². The Hall–Kier alpha value is -0.980. The molecule has 22 heavy (non-hydrogen) atoms. The van der Waals surface area contributed by atoms with E-state index < -0.39 is 0 Å². The Bertz CT molecular complexity index is 628. The van der Waals surface area contributed by atoms with E-state index in [1.165, 1.54) is 5.56 Å². The first-order valence-electron chi connectivity index (χ1n) is 7.23. The second-order valence-electron chi connectivity index (χ2n) is 5.48. The number of hydrogen-bond acceptors (Lipinski definition) is 4. The number of anilines is 1. The summed E-state index contributed by atoms with van der Waals surface area (Å²) in [7, 11) is 0. The van der Waals surface area contributed by atoms with Gasteiger partial charge in [0, 0.05) is 42.0 Å². The molecule has 0 amide bonds. The number of halogens is 2. The molecule has 2 heterocycles. The van der Waals surface area contributed by atoms with Crippen molar-refractivity contribution in [3.05, 3.63) is 51.2 Å². The van der Waals surface area contributed by atoms with Crippen LogP contribution in [0.3, 0.4) is 0 Å². The van der Waals surface area contributed by atoms with E-state index >= 15 is 0 Å². The molecule has 116 valence electrons. The summed E-state index contributed by atoms with van der Waals surface area (Å²) in [5.41, 5.74) is 1.38. The van der Waals surface area contributed by atoms with Crippen LogP contribution in [0.4, 0.5) is 5.95 Å². The van der Waals surface area contributed by atoms with E-state index in [1.807, 2.05) is 0 Å². The van der Waals surface area contributed by atoms with E-state index in [9.17, 15) is 0 Å². The topological polar surface area (TPSA) is 47.0 Å². The molecule has 1 aliphatic rings. The molecule has 1 saturated heterocycles. The van der Waals surface area contributed by atoms with Gasteiger partial charge in [0.1, 0.15) is 0 Å². The van der Waals surface area contributed by atoms with Crippen molar-refractivity contribution in [1.29, 1.82) is 0 Å². The van der Waals surface area contributed by atoms with E-state index in [2.05, 4.69) is 71.4 Å². The summed E-state index contributed by atoms with van der Waals surface area (Å²) in [6.45, 7) is 2.37. The summed E-state index contributed by atoms with van der Waals surface area (Å²) >= 11 is 6.93. The lowest BCUT2D eigenvalue weighted by molar-refractivity contribution is 0.0543. The Morgan fingerprint density at radius 1 is 1.09 bits per heavy atom. The van der Waals surface area contributed by atoms with E-state index in [-0.39, 0.29) is 5.41 Å². The van der Waals surface area contributed by atoms with Crippen molar-refractivity contribution >= 4 is 37.8 Å². The lowest BCUT2D eigenvalue weighted by atomic mass is 9.74. The summed E-state index contributed by atoms with van der Waals surface area (Å²) in [4.78, 5) is 8.59. The van der Waals surface area contributed by atoms with Gasteiger partial charge in [0.05, 0.1) is 4.47 Å². The highest BCUT2D eigenvalue weighted by Crippen LogP contribution is 2.36. The quantitative estimate of drug-likeness (QED) is 0.797. The maximum Gasteiger partial charge on any atom is 0.222 e. The van der Waals surface area contributed by atoms with Gasteiger partial charge in [-0.2, -0.15) is 0 Å². The monoisotopic (exact) mass is 425 g/mol. The van der Waals surface area contributed by atoms with Gasteiger partial charge in [-0.1, -0.05) is 28.1 Å². The third kappa shape index (κ3) is 3.67. The zero-order chi connectivity index (χ0) is 15.4. The maximum atomic E-state index is 5.57. The minimum atomic E-state index is 0.0540. The highest BCUT2D eigenvalue weighted by Gasteiger charge is 2.34. The molecule has 2 aromatic rings. The smallest absolute Gasteiger partial charge is 0.222 e. The van der Waals surface area contributed by atoms with Crippen LogP contribution in [-0.4, -0.2) is 29.7 Å². The molecule has 0 saturated carbocycles. The molecular formula is C16H17Br2N3O. The summed E-state index contributed by atoms with van der Waals surface area (Å²) in [5, 5.41) is 3.39. The SMILES string of the molecule is Brc1cnc(NCC2(c3cccc(Br)c3)CCOCC2)nc1. The predicted octanol–water partition coefficient (Wildman–Crippen LogP) is 4.16. The van der Waals surface area contributed by atoms with Crippen molar-refractivity contribution in [2.75, 3.05) is 25.1 Å². The van der Waals surface area contributed by atoms with Gasteiger partial charge in [-0.3, -0.25) is 0 Å². The fourth-order valence-electron chi connectivity index (χ4n) is 2.80. The van der Waals surface area contributed by atoms with Crippen LogP contribution in [0.2, 0.25) is 0 Å². The Balaban J connectivity index is 1.81. The second kappa shape index (κ2) is 7.06. The molecular weight excluding hydrogens is 410 g/mol. The first kappa shape index (κ1) is 15.9. The summed E-state index contributed by atoms with van der Waals surface area (Å²) in [5.74, 6) is 0.657. The molecule has 1 aromatic heterocycles. The summed E-state index contributed by atoms with van der Waals surface area (Å²) < 4.78 is 7.55. The van der Waals surface area contributed by atoms with Crippen LogP contribution >= 0.6 is 31.9 Å². The van der Waals surface area contributed by atoms with Crippen LogP contribution in [0.25, 0.3) is 0 Å². The molecule has 0 atom stereocenters. The molecule has 0 bridgehead atoms. The first-order chi connectivity index (χ1) is 10.7. The van der Waals surface area contributed by atoms with Crippen LogP contribution in [0.5, 0.6) is 0 Å². The standard InChI is InChI=1S/C16H17Br2N3O/c17-13-3-1-2-12(8-13)16(4-6-22-7-5-16)11-21-15-19-9-14(18)10-20-15/h1-3,8-10H,4-7,11H2,(H,19,20,21). The average molecular weight is 427 g/mol. The number of hydrogen-bond donors (Lipinski definition) is 1. The highest BCUT2D eigenvalue weighted by atomic mass is 79.9. The zero-order valence-corrected chi connectivity index (χ0v) is 15.2. The van der Waals surface area contributed by atoms with Crippen molar-refractivity contribution in [1.82, 2.24) is 9.97 Å². The van der Waals surface area contributed by atoms with Crippen LogP contribution < -0.4 is 5.32 Å². The van der Waals surface area contributed by atoms with Gasteiger partial charge in [0.2, 0.25) is 5.95 Å². The van der Waals surface area contributed by atoms with E-state index in [1.54, 1.807) is 12.4 Å². The minimum Gasteiger partial charge on any atom is -0.381 e. The van der Waals surface area contributed by atoms with Crippen LogP contribution in [0, 0.1) is 0 Å². The van der Waals surface area contributed by atoms with Gasteiger partial charge < -0.3 is 10.1 Å². The van der Waals surface area contributed by atoms with Gasteiger partial charge in [0.15, 0.2) is 0 Å². The molecule has 6 heteroatoms. The predicted molar refractivity (Wildman–Crippen MR) is 94.1 cm³/mol. The van der Waals surface area contributed by atoms with Gasteiger partial charge in [-0.05, 0) is 46.5 Å². The van der Waals surface area contributed by atoms with Crippen LogP contribution in [-0.2, 0) is 10.2 Å². The minimum absolute atomic E-state index is 0.0540. The summed E-state index contributed by atoms with van der Waals surface area (Å²) in [6.07, 6.45) is 5.50. The van der Waals surface area contributed by atoms with Gasteiger partial charge in [-0.15, -0.1) is 0 Å². The molecule has 0 unspecified atom stereocenters. The van der Waals surface area contributed by atoms with Crippen molar-refractivity contribution in [3.8, 4) is 0 Å². The van der Waals surface area contributed by atoms with E-state index in [0.717, 1.165) is 41.5 Å². The molecule has 0 spiro atoms. The lowest BCUT2D eigenvalue weighted by Gasteiger charge is -2.38. The Labute approximate surface area is 147 Å². The number of benzene rings is 1. The Morgan fingerprint density at radius 3 is 2.50 bits per heavy atom. The molecule has 1 N–H and O–H groups in total. The second-order valence-corrected chi connectivity index (χ2v) is 7.31. The number of aromatic nitrogens is 2. The normalized spacial score (nSPS) is 17.2. The Morgan fingerprint density at radius 2 is 1.82 bits per heavy atom. The Kier molecular flexibility index (Phi) is 5.10. The highest BCUT2D eigenvalue weighted by molar-refractivity contribution is 9.10. The largest absolute Gasteiger partial charge is 0.381 e. The lowest BCUT2D eigenvalue weighted by Crippen LogP contribution is -2.40. The van der Waals surface area contributed by atoms with Crippen molar-refractivity contribution in [3.63, 3.8) is 0 Å². The fourth-order valence-corrected chi connectivity index (χ4v) is 3.40. The number of nitrogens with one attached hydrogen (secondary N) is 1. The van der Waals surface area contributed by atoms with Crippen molar-refractivity contribution in [2.45, 2.75) is 18.3 Å². The summed E-state index contributed by atoms with van der Waals surface area (Å²) in [6, 6.07) is 8.55.